The maximum absolute atomic E-state index is 11.7. The summed E-state index contributed by atoms with van der Waals surface area (Å²) in [4.78, 5) is 22.7. The van der Waals surface area contributed by atoms with E-state index in [-0.39, 0.29) is 5.91 Å². The van der Waals surface area contributed by atoms with E-state index in [2.05, 4.69) is 35.3 Å². The number of anilines is 3. The molecule has 0 spiro atoms. The first-order valence-electron chi connectivity index (χ1n) is 9.48. The van der Waals surface area contributed by atoms with Crippen LogP contribution in [0.2, 0.25) is 0 Å². The number of nitrogens with zero attached hydrogens (tertiary/aromatic N) is 5. The van der Waals surface area contributed by atoms with Crippen LogP contribution >= 0.6 is 0 Å². The smallest absolute Gasteiger partial charge is 0.227 e. The number of amides is 1. The van der Waals surface area contributed by atoms with Gasteiger partial charge in [0.15, 0.2) is 0 Å². The van der Waals surface area contributed by atoms with Gasteiger partial charge in [-0.15, -0.1) is 0 Å². The molecule has 0 atom stereocenters. The predicted molar refractivity (Wildman–Crippen MR) is 110 cm³/mol. The molecule has 7 heteroatoms. The Labute approximate surface area is 164 Å². The summed E-state index contributed by atoms with van der Waals surface area (Å²) in [7, 11) is 0. The van der Waals surface area contributed by atoms with Gasteiger partial charge in [-0.3, -0.25) is 9.48 Å². The van der Waals surface area contributed by atoms with Gasteiger partial charge in [0.1, 0.15) is 0 Å². The van der Waals surface area contributed by atoms with Crippen LogP contribution in [0.15, 0.2) is 36.8 Å². The third-order valence-electron chi connectivity index (χ3n) is 4.99. The molecule has 7 nitrogen and oxygen atoms in total. The summed E-state index contributed by atoms with van der Waals surface area (Å²) in [5, 5.41) is 7.70. The molecule has 0 unspecified atom stereocenters. The second-order valence-corrected chi connectivity index (χ2v) is 7.42. The van der Waals surface area contributed by atoms with E-state index in [9.17, 15) is 4.79 Å². The molecule has 3 aromatic rings. The Morgan fingerprint density at radius 1 is 1.25 bits per heavy atom. The molecule has 3 heterocycles. The molecule has 1 aliphatic heterocycles. The van der Waals surface area contributed by atoms with Gasteiger partial charge in [-0.1, -0.05) is 0 Å². The van der Waals surface area contributed by atoms with Crippen LogP contribution in [-0.2, 0) is 11.2 Å². The highest BCUT2D eigenvalue weighted by Gasteiger charge is 2.22. The van der Waals surface area contributed by atoms with Crippen molar-refractivity contribution in [1.82, 2.24) is 19.7 Å². The van der Waals surface area contributed by atoms with Crippen molar-refractivity contribution in [2.75, 3.05) is 16.8 Å². The molecule has 1 aliphatic rings. The van der Waals surface area contributed by atoms with Gasteiger partial charge in [-0.2, -0.15) is 5.10 Å². The number of carbonyl (C=O) groups is 1. The maximum atomic E-state index is 11.7. The van der Waals surface area contributed by atoms with E-state index in [0.717, 1.165) is 46.7 Å². The fraction of sp³-hybridized carbons (Fsp3) is 0.333. The third-order valence-corrected chi connectivity index (χ3v) is 4.99. The van der Waals surface area contributed by atoms with Gasteiger partial charge in [0.2, 0.25) is 11.9 Å². The highest BCUT2D eigenvalue weighted by molar-refractivity contribution is 5.94. The average molecular weight is 376 g/mol. The van der Waals surface area contributed by atoms with Crippen molar-refractivity contribution >= 4 is 23.2 Å². The number of benzene rings is 1. The molecule has 144 valence electrons. The van der Waals surface area contributed by atoms with E-state index in [0.29, 0.717) is 12.0 Å². The largest absolute Gasteiger partial charge is 0.324 e. The summed E-state index contributed by atoms with van der Waals surface area (Å²) in [6, 6.07) is 6.31. The Balaban J connectivity index is 1.60. The number of rotatable bonds is 4. The number of hydrogen-bond acceptors (Lipinski definition) is 5. The van der Waals surface area contributed by atoms with Gasteiger partial charge in [0.05, 0.1) is 11.9 Å². The Kier molecular flexibility index (Phi) is 4.58. The van der Waals surface area contributed by atoms with E-state index in [4.69, 9.17) is 4.98 Å². The van der Waals surface area contributed by atoms with E-state index in [1.165, 1.54) is 0 Å². The Morgan fingerprint density at radius 2 is 2.07 bits per heavy atom. The first-order chi connectivity index (χ1) is 13.4. The summed E-state index contributed by atoms with van der Waals surface area (Å²) < 4.78 is 1.92. The number of fused-ring (bicyclic) bond motifs is 1. The first-order valence-corrected chi connectivity index (χ1v) is 9.48. The molecule has 0 fully saturated rings. The maximum Gasteiger partial charge on any atom is 0.227 e. The Morgan fingerprint density at radius 3 is 2.79 bits per heavy atom. The highest BCUT2D eigenvalue weighted by atomic mass is 16.2. The summed E-state index contributed by atoms with van der Waals surface area (Å²) in [5.41, 5.74) is 5.91. The van der Waals surface area contributed by atoms with Crippen molar-refractivity contribution in [1.29, 1.82) is 0 Å². The topological polar surface area (TPSA) is 75.9 Å². The minimum absolute atomic E-state index is 0.0768. The Bertz CT molecular complexity index is 1040. The average Bonchev–Trinajstić information content (AvgIpc) is 3.30. The van der Waals surface area contributed by atoms with Gasteiger partial charge in [-0.25, -0.2) is 9.97 Å². The van der Waals surface area contributed by atoms with Crippen LogP contribution < -0.4 is 10.2 Å². The molecule has 1 amide bonds. The van der Waals surface area contributed by atoms with Crippen LogP contribution in [0.4, 0.5) is 17.3 Å². The summed E-state index contributed by atoms with van der Waals surface area (Å²) in [6.07, 6.45) is 6.53. The van der Waals surface area contributed by atoms with Crippen molar-refractivity contribution in [2.24, 2.45) is 0 Å². The molecular weight excluding hydrogens is 352 g/mol. The third kappa shape index (κ3) is 3.35. The molecule has 1 aromatic carbocycles. The van der Waals surface area contributed by atoms with Crippen molar-refractivity contribution in [2.45, 2.75) is 40.2 Å². The number of aromatic nitrogens is 4. The Hall–Kier alpha value is -3.22. The second kappa shape index (κ2) is 7.07. The molecular formula is C21H24N6O. The minimum atomic E-state index is 0.0768. The molecule has 0 aliphatic carbocycles. The lowest BCUT2D eigenvalue weighted by Crippen LogP contribution is -2.25. The highest BCUT2D eigenvalue weighted by Crippen LogP contribution is 2.31. The lowest BCUT2D eigenvalue weighted by atomic mass is 10.1. The molecule has 0 saturated heterocycles. The minimum Gasteiger partial charge on any atom is -0.324 e. The van der Waals surface area contributed by atoms with E-state index >= 15 is 0 Å². The van der Waals surface area contributed by atoms with Crippen molar-refractivity contribution in [3.8, 4) is 11.3 Å². The van der Waals surface area contributed by atoms with Crippen LogP contribution in [0.3, 0.4) is 0 Å². The van der Waals surface area contributed by atoms with Crippen LogP contribution in [0.25, 0.3) is 11.3 Å². The van der Waals surface area contributed by atoms with Crippen molar-refractivity contribution in [3.63, 3.8) is 0 Å². The zero-order chi connectivity index (χ0) is 19.8. The fourth-order valence-electron chi connectivity index (χ4n) is 3.47. The first kappa shape index (κ1) is 18.2. The standard InChI is InChI=1S/C21H24N6O/c1-13(2)27-12-17(11-23-27)20-14(3)10-22-21(25-20)24-18-5-6-19-16(9-18)7-8-26(19)15(4)28/h5-6,9-13H,7-8H2,1-4H3,(H,22,24,25). The normalized spacial score (nSPS) is 13.1. The monoisotopic (exact) mass is 376 g/mol. The van der Waals surface area contributed by atoms with Crippen LogP contribution in [0.1, 0.15) is 37.9 Å². The van der Waals surface area contributed by atoms with Crippen molar-refractivity contribution < 1.29 is 4.79 Å². The number of aryl methyl sites for hydroxylation is 1. The van der Waals surface area contributed by atoms with Crippen LogP contribution in [-0.4, -0.2) is 32.2 Å². The van der Waals surface area contributed by atoms with Gasteiger partial charge in [0.25, 0.3) is 0 Å². The molecule has 28 heavy (non-hydrogen) atoms. The molecule has 0 bridgehead atoms. The van der Waals surface area contributed by atoms with Gasteiger partial charge < -0.3 is 10.2 Å². The summed E-state index contributed by atoms with van der Waals surface area (Å²) >= 11 is 0. The van der Waals surface area contributed by atoms with Crippen LogP contribution in [0, 0.1) is 6.92 Å². The molecule has 0 saturated carbocycles. The zero-order valence-corrected chi connectivity index (χ0v) is 16.6. The SMILES string of the molecule is CC(=O)N1CCc2cc(Nc3ncc(C)c(-c4cnn(C(C)C)c4)n3)ccc21. The number of carbonyl (C=O) groups excluding carboxylic acids is 1. The number of hydrogen-bond donors (Lipinski definition) is 1. The summed E-state index contributed by atoms with van der Waals surface area (Å²) in [6.45, 7) is 8.52. The lowest BCUT2D eigenvalue weighted by Gasteiger charge is -2.15. The molecule has 2 aromatic heterocycles. The van der Waals surface area contributed by atoms with Gasteiger partial charge in [0, 0.05) is 48.8 Å². The zero-order valence-electron chi connectivity index (χ0n) is 16.6. The number of nitrogens with one attached hydrogen (secondary N) is 1. The second-order valence-electron chi connectivity index (χ2n) is 7.42. The quantitative estimate of drug-likeness (QED) is 0.748. The predicted octanol–water partition coefficient (Wildman–Crippen LogP) is 3.88. The molecule has 4 rings (SSSR count). The summed E-state index contributed by atoms with van der Waals surface area (Å²) in [5.74, 6) is 0.618. The molecule has 0 radical (unpaired) electrons. The van der Waals surface area contributed by atoms with Gasteiger partial charge >= 0.3 is 0 Å². The van der Waals surface area contributed by atoms with Crippen molar-refractivity contribution in [3.05, 3.63) is 47.9 Å². The van der Waals surface area contributed by atoms with E-state index in [1.807, 2.05) is 47.2 Å². The molecule has 1 N–H and O–H groups in total. The lowest BCUT2D eigenvalue weighted by molar-refractivity contribution is -0.116. The van der Waals surface area contributed by atoms with Gasteiger partial charge in [-0.05, 0) is 56.5 Å². The van der Waals surface area contributed by atoms with E-state index in [1.54, 1.807) is 6.92 Å². The van der Waals surface area contributed by atoms with E-state index < -0.39 is 0 Å². The fourth-order valence-corrected chi connectivity index (χ4v) is 3.47. The van der Waals surface area contributed by atoms with Crippen LogP contribution in [0.5, 0.6) is 0 Å².